The third kappa shape index (κ3) is 4.55. The molecule has 23 heavy (non-hydrogen) atoms. The van der Waals surface area contributed by atoms with Crippen molar-refractivity contribution in [2.24, 2.45) is 0 Å². The third-order valence-electron chi connectivity index (χ3n) is 4.50. The number of hydrogen-bond acceptors (Lipinski definition) is 2. The molecule has 1 saturated heterocycles. The van der Waals surface area contributed by atoms with Crippen molar-refractivity contribution in [3.05, 3.63) is 65.0 Å². The van der Waals surface area contributed by atoms with Gasteiger partial charge in [0.15, 0.2) is 0 Å². The Bertz CT molecular complexity index is 623. The molecule has 1 heterocycles. The Morgan fingerprint density at radius 3 is 2.22 bits per heavy atom. The van der Waals surface area contributed by atoms with E-state index in [9.17, 15) is 4.39 Å². The minimum absolute atomic E-state index is 0.162. The van der Waals surface area contributed by atoms with Crippen molar-refractivity contribution in [1.82, 2.24) is 4.90 Å². The number of halogens is 1. The van der Waals surface area contributed by atoms with Crippen molar-refractivity contribution in [2.45, 2.75) is 39.3 Å². The van der Waals surface area contributed by atoms with Gasteiger partial charge >= 0.3 is 0 Å². The number of benzene rings is 2. The van der Waals surface area contributed by atoms with Gasteiger partial charge in [0.25, 0.3) is 0 Å². The lowest BCUT2D eigenvalue weighted by Crippen LogP contribution is -2.38. The summed E-state index contributed by atoms with van der Waals surface area (Å²) in [5.41, 5.74) is 5.04. The predicted octanol–water partition coefficient (Wildman–Crippen LogP) is 4.52. The molecule has 2 nitrogen and oxygen atoms in total. The number of piperidine rings is 1. The summed E-state index contributed by atoms with van der Waals surface area (Å²) < 4.78 is 13.0. The van der Waals surface area contributed by atoms with E-state index in [-0.39, 0.29) is 5.82 Å². The maximum Gasteiger partial charge on any atom is 0.123 e. The molecule has 1 fully saturated rings. The topological polar surface area (TPSA) is 15.3 Å². The zero-order chi connectivity index (χ0) is 16.2. The molecule has 2 aromatic rings. The molecule has 3 heteroatoms. The fraction of sp³-hybridized carbons (Fsp3) is 0.400. The van der Waals surface area contributed by atoms with Gasteiger partial charge in [-0.05, 0) is 67.6 Å². The van der Waals surface area contributed by atoms with Gasteiger partial charge in [0, 0.05) is 31.4 Å². The van der Waals surface area contributed by atoms with Crippen molar-refractivity contribution < 1.29 is 4.39 Å². The summed E-state index contributed by atoms with van der Waals surface area (Å²) in [6.07, 6.45) is 2.29. The normalized spacial score (nSPS) is 16.5. The van der Waals surface area contributed by atoms with Crippen LogP contribution in [0, 0.1) is 19.7 Å². The van der Waals surface area contributed by atoms with Crippen LogP contribution in [0.15, 0.2) is 42.5 Å². The maximum atomic E-state index is 13.0. The van der Waals surface area contributed by atoms with Crippen LogP contribution in [0.1, 0.15) is 29.5 Å². The first kappa shape index (κ1) is 16.0. The average molecular weight is 312 g/mol. The Hall–Kier alpha value is -1.87. The first-order valence-corrected chi connectivity index (χ1v) is 8.40. The lowest BCUT2D eigenvalue weighted by atomic mass is 10.0. The molecule has 1 aliphatic heterocycles. The van der Waals surface area contributed by atoms with Gasteiger partial charge in [-0.3, -0.25) is 4.90 Å². The van der Waals surface area contributed by atoms with Gasteiger partial charge < -0.3 is 5.32 Å². The molecule has 0 aromatic heterocycles. The Morgan fingerprint density at radius 1 is 1.00 bits per heavy atom. The van der Waals surface area contributed by atoms with Crippen molar-refractivity contribution in [2.75, 3.05) is 18.4 Å². The van der Waals surface area contributed by atoms with Gasteiger partial charge in [0.1, 0.15) is 5.82 Å². The van der Waals surface area contributed by atoms with Crippen molar-refractivity contribution in [1.29, 1.82) is 0 Å². The lowest BCUT2D eigenvalue weighted by molar-refractivity contribution is 0.211. The predicted molar refractivity (Wildman–Crippen MR) is 94.2 cm³/mol. The van der Waals surface area contributed by atoms with Gasteiger partial charge in [-0.2, -0.15) is 0 Å². The van der Waals surface area contributed by atoms with Gasteiger partial charge in [-0.1, -0.05) is 18.2 Å². The van der Waals surface area contributed by atoms with Crippen LogP contribution in [0.4, 0.5) is 10.1 Å². The molecule has 3 rings (SSSR count). The second-order valence-electron chi connectivity index (χ2n) is 6.70. The summed E-state index contributed by atoms with van der Waals surface area (Å²) in [5.74, 6) is -0.162. The minimum atomic E-state index is -0.162. The van der Waals surface area contributed by atoms with E-state index in [4.69, 9.17) is 0 Å². The summed E-state index contributed by atoms with van der Waals surface area (Å²) in [7, 11) is 0. The van der Waals surface area contributed by atoms with Crippen LogP contribution in [0.3, 0.4) is 0 Å². The highest BCUT2D eigenvalue weighted by molar-refractivity contribution is 5.49. The number of hydrogen-bond donors (Lipinski definition) is 1. The second kappa shape index (κ2) is 7.14. The van der Waals surface area contributed by atoms with Gasteiger partial charge in [0.05, 0.1) is 0 Å². The molecule has 1 N–H and O–H groups in total. The zero-order valence-electron chi connectivity index (χ0n) is 14.0. The average Bonchev–Trinajstić information content (AvgIpc) is 2.50. The van der Waals surface area contributed by atoms with Crippen molar-refractivity contribution in [3.8, 4) is 0 Å². The standard InChI is InChI=1S/C20H25FN2/c1-15-11-16(2)13-20(12-15)22-19-7-9-23(10-8-19)14-17-3-5-18(21)6-4-17/h3-6,11-13,19,22H,7-10,14H2,1-2H3. The number of anilines is 1. The summed E-state index contributed by atoms with van der Waals surface area (Å²) in [4.78, 5) is 2.45. The number of aryl methyl sites for hydroxylation is 2. The van der Waals surface area contributed by atoms with E-state index in [1.807, 2.05) is 12.1 Å². The number of nitrogens with one attached hydrogen (secondary N) is 1. The minimum Gasteiger partial charge on any atom is -0.382 e. The fourth-order valence-corrected chi connectivity index (χ4v) is 3.38. The highest BCUT2D eigenvalue weighted by Gasteiger charge is 2.19. The van der Waals surface area contributed by atoms with Crippen LogP contribution >= 0.6 is 0 Å². The molecule has 0 unspecified atom stereocenters. The first-order chi connectivity index (χ1) is 11.1. The molecule has 2 aromatic carbocycles. The number of nitrogens with zero attached hydrogens (tertiary/aromatic N) is 1. The molecular weight excluding hydrogens is 287 g/mol. The molecule has 1 aliphatic rings. The Morgan fingerprint density at radius 2 is 1.61 bits per heavy atom. The van der Waals surface area contributed by atoms with Crippen molar-refractivity contribution >= 4 is 5.69 Å². The molecule has 0 bridgehead atoms. The zero-order valence-corrected chi connectivity index (χ0v) is 14.0. The molecular formula is C20H25FN2. The number of rotatable bonds is 4. The van der Waals surface area contributed by atoms with E-state index in [0.29, 0.717) is 6.04 Å². The summed E-state index contributed by atoms with van der Waals surface area (Å²) in [6.45, 7) is 7.36. The monoisotopic (exact) mass is 312 g/mol. The summed E-state index contributed by atoms with van der Waals surface area (Å²) >= 11 is 0. The lowest BCUT2D eigenvalue weighted by Gasteiger charge is -2.33. The van der Waals surface area contributed by atoms with Crippen LogP contribution < -0.4 is 5.32 Å². The van der Waals surface area contributed by atoms with E-state index in [2.05, 4.69) is 42.3 Å². The van der Waals surface area contributed by atoms with Crippen LogP contribution in [0.5, 0.6) is 0 Å². The van der Waals surface area contributed by atoms with E-state index in [0.717, 1.165) is 32.5 Å². The van der Waals surface area contributed by atoms with E-state index in [1.165, 1.54) is 22.4 Å². The molecule has 0 radical (unpaired) electrons. The van der Waals surface area contributed by atoms with Crippen LogP contribution in [-0.4, -0.2) is 24.0 Å². The molecule has 0 aliphatic carbocycles. The van der Waals surface area contributed by atoms with Crippen LogP contribution in [0.2, 0.25) is 0 Å². The largest absolute Gasteiger partial charge is 0.382 e. The fourth-order valence-electron chi connectivity index (χ4n) is 3.38. The SMILES string of the molecule is Cc1cc(C)cc(NC2CCN(Cc3ccc(F)cc3)CC2)c1. The van der Waals surface area contributed by atoms with E-state index >= 15 is 0 Å². The molecule has 0 amide bonds. The van der Waals surface area contributed by atoms with Crippen molar-refractivity contribution in [3.63, 3.8) is 0 Å². The van der Waals surface area contributed by atoms with Gasteiger partial charge in [-0.25, -0.2) is 4.39 Å². The Labute approximate surface area is 138 Å². The quantitative estimate of drug-likeness (QED) is 0.893. The first-order valence-electron chi connectivity index (χ1n) is 8.40. The smallest absolute Gasteiger partial charge is 0.123 e. The van der Waals surface area contributed by atoms with Gasteiger partial charge in [0.2, 0.25) is 0 Å². The van der Waals surface area contributed by atoms with Crippen LogP contribution in [-0.2, 0) is 6.54 Å². The highest BCUT2D eigenvalue weighted by Crippen LogP contribution is 2.20. The summed E-state index contributed by atoms with van der Waals surface area (Å²) in [6, 6.07) is 14.0. The Balaban J connectivity index is 1.51. The molecule has 122 valence electrons. The Kier molecular flexibility index (Phi) is 4.97. The molecule has 0 saturated carbocycles. The van der Waals surface area contributed by atoms with E-state index in [1.54, 1.807) is 12.1 Å². The van der Waals surface area contributed by atoms with Crippen LogP contribution in [0.25, 0.3) is 0 Å². The third-order valence-corrected chi connectivity index (χ3v) is 4.50. The van der Waals surface area contributed by atoms with Gasteiger partial charge in [-0.15, -0.1) is 0 Å². The van der Waals surface area contributed by atoms with E-state index < -0.39 is 0 Å². The highest BCUT2D eigenvalue weighted by atomic mass is 19.1. The number of likely N-dealkylation sites (tertiary alicyclic amines) is 1. The summed E-state index contributed by atoms with van der Waals surface area (Å²) in [5, 5.41) is 3.68. The molecule has 0 spiro atoms. The molecule has 0 atom stereocenters. The second-order valence-corrected chi connectivity index (χ2v) is 6.70. The maximum absolute atomic E-state index is 13.0.